The molecule has 1 aromatic carbocycles. The first-order valence-electron chi connectivity index (χ1n) is 6.84. The fraction of sp³-hybridized carbons (Fsp3) is 0.500. The first kappa shape index (κ1) is 14.8. The van der Waals surface area contributed by atoms with Gasteiger partial charge in [-0.1, -0.05) is 12.5 Å². The summed E-state index contributed by atoms with van der Waals surface area (Å²) in [5, 5.41) is -0.905. The van der Waals surface area contributed by atoms with Gasteiger partial charge in [0, 0.05) is 17.9 Å². The van der Waals surface area contributed by atoms with Crippen LogP contribution in [0, 0.1) is 0 Å². The van der Waals surface area contributed by atoms with Crippen molar-refractivity contribution < 1.29 is 13.2 Å². The van der Waals surface area contributed by atoms with Crippen molar-refractivity contribution >= 4 is 27.1 Å². The number of hydrogen-bond acceptors (Lipinski definition) is 4. The van der Waals surface area contributed by atoms with E-state index in [0.717, 1.165) is 6.42 Å². The molecule has 110 valence electrons. The molecule has 0 bridgehead atoms. The van der Waals surface area contributed by atoms with Crippen molar-refractivity contribution in [1.82, 2.24) is 0 Å². The van der Waals surface area contributed by atoms with E-state index >= 15 is 0 Å². The van der Waals surface area contributed by atoms with E-state index in [1.807, 2.05) is 6.92 Å². The summed E-state index contributed by atoms with van der Waals surface area (Å²) in [5.74, 6) is -0.226. The highest BCUT2D eigenvalue weighted by molar-refractivity contribution is 7.92. The smallest absolute Gasteiger partial charge is 0.245 e. The van der Waals surface area contributed by atoms with Crippen LogP contribution in [0.25, 0.3) is 0 Å². The van der Waals surface area contributed by atoms with Gasteiger partial charge in [-0.2, -0.15) is 0 Å². The lowest BCUT2D eigenvalue weighted by Crippen LogP contribution is -2.45. The zero-order chi connectivity index (χ0) is 14.8. The molecule has 0 radical (unpaired) electrons. The lowest BCUT2D eigenvalue weighted by molar-refractivity contribution is -0.118. The van der Waals surface area contributed by atoms with Crippen molar-refractivity contribution in [3.8, 4) is 0 Å². The SMILES string of the molecule is CCN(C(=O)C1CCCCS1(=O)=O)c1cccc(N)c1. The second-order valence-corrected chi connectivity index (χ2v) is 7.33. The Morgan fingerprint density at radius 1 is 1.40 bits per heavy atom. The van der Waals surface area contributed by atoms with Gasteiger partial charge in [0.2, 0.25) is 5.91 Å². The van der Waals surface area contributed by atoms with Crippen LogP contribution in [0.3, 0.4) is 0 Å². The largest absolute Gasteiger partial charge is 0.399 e. The molecule has 5 nitrogen and oxygen atoms in total. The summed E-state index contributed by atoms with van der Waals surface area (Å²) < 4.78 is 24.1. The van der Waals surface area contributed by atoms with E-state index in [-0.39, 0.29) is 11.7 Å². The number of sulfone groups is 1. The molecule has 0 aromatic heterocycles. The fourth-order valence-electron chi connectivity index (χ4n) is 2.56. The summed E-state index contributed by atoms with van der Waals surface area (Å²) in [4.78, 5) is 14.1. The molecular weight excluding hydrogens is 276 g/mol. The molecule has 0 aliphatic carbocycles. The van der Waals surface area contributed by atoms with Crippen LogP contribution in [-0.4, -0.2) is 31.9 Å². The number of nitrogens with two attached hydrogens (primary N) is 1. The zero-order valence-corrected chi connectivity index (χ0v) is 12.4. The van der Waals surface area contributed by atoms with Crippen molar-refractivity contribution in [3.05, 3.63) is 24.3 Å². The van der Waals surface area contributed by atoms with Crippen LogP contribution < -0.4 is 10.6 Å². The molecule has 1 aliphatic heterocycles. The molecule has 2 rings (SSSR count). The molecule has 1 fully saturated rings. The van der Waals surface area contributed by atoms with Gasteiger partial charge < -0.3 is 10.6 Å². The van der Waals surface area contributed by atoms with E-state index in [0.29, 0.717) is 30.8 Å². The Balaban J connectivity index is 2.30. The van der Waals surface area contributed by atoms with Crippen molar-refractivity contribution in [2.45, 2.75) is 31.4 Å². The summed E-state index contributed by atoms with van der Waals surface area (Å²) >= 11 is 0. The van der Waals surface area contributed by atoms with Crippen LogP contribution in [0.1, 0.15) is 26.2 Å². The summed E-state index contributed by atoms with van der Waals surface area (Å²) in [6, 6.07) is 6.96. The number of carbonyl (C=O) groups excluding carboxylic acids is 1. The molecule has 1 saturated heterocycles. The molecule has 2 N–H and O–H groups in total. The average Bonchev–Trinajstić information content (AvgIpc) is 2.39. The van der Waals surface area contributed by atoms with E-state index in [2.05, 4.69) is 0 Å². The molecule has 1 aliphatic rings. The van der Waals surface area contributed by atoms with Crippen molar-refractivity contribution in [3.63, 3.8) is 0 Å². The minimum Gasteiger partial charge on any atom is -0.399 e. The second kappa shape index (κ2) is 5.83. The number of amides is 1. The molecule has 1 amide bonds. The fourth-order valence-corrected chi connectivity index (χ4v) is 4.42. The predicted molar refractivity (Wildman–Crippen MR) is 80.3 cm³/mol. The molecule has 1 aromatic rings. The van der Waals surface area contributed by atoms with Crippen LogP contribution in [-0.2, 0) is 14.6 Å². The summed E-state index contributed by atoms with van der Waals surface area (Å²) in [6.45, 7) is 2.25. The number of rotatable bonds is 3. The number of nitrogens with zero attached hydrogens (tertiary/aromatic N) is 1. The highest BCUT2D eigenvalue weighted by Gasteiger charge is 2.37. The maximum absolute atomic E-state index is 12.6. The molecule has 0 spiro atoms. The number of carbonyl (C=O) groups is 1. The van der Waals surface area contributed by atoms with E-state index in [1.165, 1.54) is 4.90 Å². The first-order chi connectivity index (χ1) is 9.45. The molecule has 1 unspecified atom stereocenters. The zero-order valence-electron chi connectivity index (χ0n) is 11.6. The van der Waals surface area contributed by atoms with Crippen LogP contribution in [0.2, 0.25) is 0 Å². The quantitative estimate of drug-likeness (QED) is 0.859. The van der Waals surface area contributed by atoms with Gasteiger partial charge in [0.25, 0.3) is 0 Å². The lowest BCUT2D eigenvalue weighted by Gasteiger charge is -2.28. The van der Waals surface area contributed by atoms with Crippen LogP contribution in [0.4, 0.5) is 11.4 Å². The molecule has 1 atom stereocenters. The predicted octanol–water partition coefficient (Wildman–Crippen LogP) is 1.59. The van der Waals surface area contributed by atoms with Gasteiger partial charge in [-0.3, -0.25) is 4.79 Å². The topological polar surface area (TPSA) is 80.5 Å². The van der Waals surface area contributed by atoms with Gasteiger partial charge in [-0.25, -0.2) is 8.42 Å². The summed E-state index contributed by atoms with van der Waals surface area (Å²) in [7, 11) is -3.32. The Hall–Kier alpha value is -1.56. The minimum absolute atomic E-state index is 0.109. The number of nitrogen functional groups attached to an aromatic ring is 1. The van der Waals surface area contributed by atoms with E-state index in [9.17, 15) is 13.2 Å². The van der Waals surface area contributed by atoms with Crippen LogP contribution in [0.5, 0.6) is 0 Å². The number of benzene rings is 1. The Labute approximate surface area is 119 Å². The first-order valence-corrected chi connectivity index (χ1v) is 8.55. The highest BCUT2D eigenvalue weighted by Crippen LogP contribution is 2.25. The van der Waals surface area contributed by atoms with Gasteiger partial charge in [0.05, 0.1) is 5.75 Å². The van der Waals surface area contributed by atoms with E-state index in [4.69, 9.17) is 5.73 Å². The Morgan fingerprint density at radius 3 is 2.75 bits per heavy atom. The Morgan fingerprint density at radius 2 is 2.15 bits per heavy atom. The van der Waals surface area contributed by atoms with Crippen molar-refractivity contribution in [2.75, 3.05) is 22.9 Å². The van der Waals surface area contributed by atoms with Crippen molar-refractivity contribution in [2.24, 2.45) is 0 Å². The molecule has 6 heteroatoms. The van der Waals surface area contributed by atoms with E-state index in [1.54, 1.807) is 24.3 Å². The minimum atomic E-state index is -3.32. The standard InChI is InChI=1S/C14H20N2O3S/c1-2-16(12-7-5-6-11(15)10-12)14(17)13-8-3-4-9-20(13,18)19/h5-7,10,13H,2-4,8-9,15H2,1H3. The van der Waals surface area contributed by atoms with Crippen molar-refractivity contribution in [1.29, 1.82) is 0 Å². The third-order valence-electron chi connectivity index (χ3n) is 3.62. The normalized spacial score (nSPS) is 21.4. The van der Waals surface area contributed by atoms with Crippen LogP contribution >= 0.6 is 0 Å². The molecule has 1 heterocycles. The average molecular weight is 296 g/mol. The molecular formula is C14H20N2O3S. The maximum atomic E-state index is 12.6. The Bertz CT molecular complexity index is 598. The summed E-state index contributed by atoms with van der Waals surface area (Å²) in [5.41, 5.74) is 6.93. The van der Waals surface area contributed by atoms with Gasteiger partial charge in [0.15, 0.2) is 9.84 Å². The number of anilines is 2. The third-order valence-corrected chi connectivity index (χ3v) is 5.78. The molecule has 20 heavy (non-hydrogen) atoms. The Kier molecular flexibility index (Phi) is 4.32. The highest BCUT2D eigenvalue weighted by atomic mass is 32.2. The lowest BCUT2D eigenvalue weighted by atomic mass is 10.1. The maximum Gasteiger partial charge on any atom is 0.245 e. The van der Waals surface area contributed by atoms with Gasteiger partial charge >= 0.3 is 0 Å². The number of hydrogen-bond donors (Lipinski definition) is 1. The van der Waals surface area contributed by atoms with E-state index < -0.39 is 15.1 Å². The van der Waals surface area contributed by atoms with Gasteiger partial charge in [-0.15, -0.1) is 0 Å². The third kappa shape index (κ3) is 2.95. The molecule has 0 saturated carbocycles. The van der Waals surface area contributed by atoms with Crippen LogP contribution in [0.15, 0.2) is 24.3 Å². The van der Waals surface area contributed by atoms with Gasteiger partial charge in [0.1, 0.15) is 5.25 Å². The van der Waals surface area contributed by atoms with Gasteiger partial charge in [-0.05, 0) is 38.0 Å². The monoisotopic (exact) mass is 296 g/mol. The summed E-state index contributed by atoms with van der Waals surface area (Å²) in [6.07, 6.45) is 1.85. The second-order valence-electron chi connectivity index (χ2n) is 5.03.